The molecule has 2 aromatic carbocycles. The Morgan fingerprint density at radius 3 is 2.50 bits per heavy atom. The van der Waals surface area contributed by atoms with Crippen molar-refractivity contribution in [1.29, 1.82) is 0 Å². The van der Waals surface area contributed by atoms with E-state index >= 15 is 0 Å². The van der Waals surface area contributed by atoms with Crippen LogP contribution in [0, 0.1) is 5.82 Å². The van der Waals surface area contributed by atoms with E-state index in [9.17, 15) is 4.39 Å². The Morgan fingerprint density at radius 2 is 1.90 bits per heavy atom. The first-order chi connectivity index (χ1) is 9.65. The van der Waals surface area contributed by atoms with Crippen LogP contribution in [0.1, 0.15) is 17.2 Å². The van der Waals surface area contributed by atoms with Crippen molar-refractivity contribution in [1.82, 2.24) is 5.32 Å². The Balaban J connectivity index is 2.24. The third kappa shape index (κ3) is 3.38. The van der Waals surface area contributed by atoms with Gasteiger partial charge in [0.15, 0.2) is 11.6 Å². The Morgan fingerprint density at radius 1 is 1.20 bits per heavy atom. The van der Waals surface area contributed by atoms with Crippen LogP contribution in [0.3, 0.4) is 0 Å². The number of likely N-dealkylation sites (N-methyl/N-ethyl adjacent to an activating group) is 1. The average Bonchev–Trinajstić information content (AvgIpc) is 2.47. The quantitative estimate of drug-likeness (QED) is 0.886. The number of rotatable bonds is 5. The fourth-order valence-electron chi connectivity index (χ4n) is 2.17. The minimum atomic E-state index is -0.285. The molecule has 0 aromatic heterocycles. The van der Waals surface area contributed by atoms with Crippen molar-refractivity contribution in [2.24, 2.45) is 0 Å². The van der Waals surface area contributed by atoms with Gasteiger partial charge in [-0.1, -0.05) is 40.2 Å². The molecule has 0 saturated heterocycles. The second-order valence-corrected chi connectivity index (χ2v) is 5.45. The minimum Gasteiger partial charge on any atom is -0.494 e. The van der Waals surface area contributed by atoms with E-state index < -0.39 is 0 Å². The van der Waals surface area contributed by atoms with E-state index in [1.165, 1.54) is 7.11 Å². The molecule has 1 unspecified atom stereocenters. The lowest BCUT2D eigenvalue weighted by atomic mass is 9.98. The van der Waals surface area contributed by atoms with Crippen LogP contribution < -0.4 is 10.1 Å². The molecule has 20 heavy (non-hydrogen) atoms. The molecule has 4 heteroatoms. The zero-order valence-electron chi connectivity index (χ0n) is 11.5. The number of benzene rings is 2. The molecule has 2 rings (SSSR count). The molecular formula is C16H17BrFNO. The summed E-state index contributed by atoms with van der Waals surface area (Å²) < 4.78 is 20.2. The number of halogens is 2. The molecule has 0 heterocycles. The van der Waals surface area contributed by atoms with E-state index in [4.69, 9.17) is 4.74 Å². The van der Waals surface area contributed by atoms with Gasteiger partial charge in [-0.2, -0.15) is 0 Å². The Hall–Kier alpha value is -1.39. The molecule has 0 amide bonds. The maximum Gasteiger partial charge on any atom is 0.168 e. The van der Waals surface area contributed by atoms with E-state index in [-0.39, 0.29) is 17.6 Å². The van der Waals surface area contributed by atoms with Crippen molar-refractivity contribution in [3.8, 4) is 5.75 Å². The van der Waals surface area contributed by atoms with Gasteiger partial charge >= 0.3 is 0 Å². The van der Waals surface area contributed by atoms with Gasteiger partial charge in [0.25, 0.3) is 0 Å². The number of nitrogens with one attached hydrogen (secondary N) is 1. The van der Waals surface area contributed by atoms with Gasteiger partial charge in [0.05, 0.1) is 7.11 Å². The van der Waals surface area contributed by atoms with Gasteiger partial charge in [-0.15, -0.1) is 0 Å². The molecule has 2 nitrogen and oxygen atoms in total. The highest BCUT2D eigenvalue weighted by Crippen LogP contribution is 2.25. The monoisotopic (exact) mass is 337 g/mol. The topological polar surface area (TPSA) is 21.3 Å². The van der Waals surface area contributed by atoms with Crippen molar-refractivity contribution in [2.75, 3.05) is 14.2 Å². The van der Waals surface area contributed by atoms with Gasteiger partial charge in [0.2, 0.25) is 0 Å². The molecule has 0 saturated carbocycles. The summed E-state index contributed by atoms with van der Waals surface area (Å²) >= 11 is 3.42. The van der Waals surface area contributed by atoms with E-state index in [0.717, 1.165) is 10.0 Å². The predicted octanol–water partition coefficient (Wildman–Crippen LogP) is 4.10. The first-order valence-electron chi connectivity index (χ1n) is 6.39. The molecule has 0 spiro atoms. The van der Waals surface area contributed by atoms with Gasteiger partial charge in [-0.3, -0.25) is 0 Å². The van der Waals surface area contributed by atoms with Crippen molar-refractivity contribution >= 4 is 15.9 Å². The van der Waals surface area contributed by atoms with Gasteiger partial charge in [-0.25, -0.2) is 4.39 Å². The predicted molar refractivity (Wildman–Crippen MR) is 82.6 cm³/mol. The molecule has 0 fully saturated rings. The van der Waals surface area contributed by atoms with Crippen molar-refractivity contribution in [3.63, 3.8) is 0 Å². The van der Waals surface area contributed by atoms with Crippen LogP contribution in [-0.2, 0) is 6.42 Å². The Labute approximate surface area is 127 Å². The van der Waals surface area contributed by atoms with Gasteiger partial charge in [0, 0.05) is 10.5 Å². The van der Waals surface area contributed by atoms with E-state index in [1.807, 2.05) is 37.4 Å². The fraction of sp³-hybridized carbons (Fsp3) is 0.250. The van der Waals surface area contributed by atoms with Crippen LogP contribution in [0.4, 0.5) is 4.39 Å². The van der Waals surface area contributed by atoms with Crippen molar-refractivity contribution < 1.29 is 9.13 Å². The highest BCUT2D eigenvalue weighted by atomic mass is 79.9. The van der Waals surface area contributed by atoms with E-state index in [1.54, 1.807) is 12.1 Å². The Bertz CT molecular complexity index is 571. The molecule has 2 aromatic rings. The summed E-state index contributed by atoms with van der Waals surface area (Å²) in [5, 5.41) is 3.23. The van der Waals surface area contributed by atoms with Crippen LogP contribution in [0.5, 0.6) is 5.75 Å². The largest absolute Gasteiger partial charge is 0.494 e. The first-order valence-corrected chi connectivity index (χ1v) is 7.19. The lowest BCUT2D eigenvalue weighted by molar-refractivity contribution is 0.383. The second-order valence-electron chi connectivity index (χ2n) is 4.53. The molecule has 106 valence electrons. The zero-order chi connectivity index (χ0) is 14.5. The summed E-state index contributed by atoms with van der Waals surface area (Å²) in [5.74, 6) is 0.000482. The maximum atomic E-state index is 14.2. The number of ether oxygens (including phenoxy) is 1. The van der Waals surface area contributed by atoms with Gasteiger partial charge in [-0.05, 0) is 42.8 Å². The molecule has 0 radical (unpaired) electrons. The van der Waals surface area contributed by atoms with Crippen molar-refractivity contribution in [3.05, 3.63) is 63.9 Å². The van der Waals surface area contributed by atoms with Crippen LogP contribution in [0.25, 0.3) is 0 Å². The van der Waals surface area contributed by atoms with E-state index in [0.29, 0.717) is 12.0 Å². The standard InChI is InChI=1S/C16H17BrFNO/c1-19-14(11-6-8-13(17)9-7-11)10-12-4-3-5-15(20-2)16(12)18/h3-9,14,19H,10H2,1-2H3. The maximum absolute atomic E-state index is 14.2. The van der Waals surface area contributed by atoms with Crippen LogP contribution in [-0.4, -0.2) is 14.2 Å². The zero-order valence-corrected chi connectivity index (χ0v) is 13.1. The summed E-state index contributed by atoms with van der Waals surface area (Å²) in [6.07, 6.45) is 0.571. The highest BCUT2D eigenvalue weighted by molar-refractivity contribution is 9.10. The van der Waals surface area contributed by atoms with Gasteiger partial charge in [0.1, 0.15) is 0 Å². The highest BCUT2D eigenvalue weighted by Gasteiger charge is 2.15. The first kappa shape index (κ1) is 15.0. The van der Waals surface area contributed by atoms with Crippen molar-refractivity contribution in [2.45, 2.75) is 12.5 Å². The van der Waals surface area contributed by atoms with Crippen LogP contribution in [0.2, 0.25) is 0 Å². The van der Waals surface area contributed by atoms with Gasteiger partial charge < -0.3 is 10.1 Å². The van der Waals surface area contributed by atoms with Crippen LogP contribution in [0.15, 0.2) is 46.9 Å². The molecular weight excluding hydrogens is 321 g/mol. The normalized spacial score (nSPS) is 12.2. The lowest BCUT2D eigenvalue weighted by Crippen LogP contribution is -2.19. The second kappa shape index (κ2) is 6.86. The summed E-state index contributed by atoms with van der Waals surface area (Å²) in [5.41, 5.74) is 1.77. The molecule has 1 atom stereocenters. The number of hydrogen-bond acceptors (Lipinski definition) is 2. The fourth-order valence-corrected chi connectivity index (χ4v) is 2.44. The molecule has 0 aliphatic heterocycles. The lowest BCUT2D eigenvalue weighted by Gasteiger charge is -2.18. The molecule has 0 aliphatic rings. The summed E-state index contributed by atoms with van der Waals surface area (Å²) in [7, 11) is 3.36. The average molecular weight is 338 g/mol. The summed E-state index contributed by atoms with van der Waals surface area (Å²) in [6, 6.07) is 13.3. The SMILES string of the molecule is CNC(Cc1cccc(OC)c1F)c1ccc(Br)cc1. The summed E-state index contributed by atoms with van der Waals surface area (Å²) in [4.78, 5) is 0. The molecule has 1 N–H and O–H groups in total. The third-order valence-corrected chi connectivity index (χ3v) is 3.84. The number of hydrogen-bond donors (Lipinski definition) is 1. The smallest absolute Gasteiger partial charge is 0.168 e. The minimum absolute atomic E-state index is 0.0599. The van der Waals surface area contributed by atoms with E-state index in [2.05, 4.69) is 21.2 Å². The third-order valence-electron chi connectivity index (χ3n) is 3.31. The van der Waals surface area contributed by atoms with Crippen LogP contribution >= 0.6 is 15.9 Å². The molecule has 0 aliphatic carbocycles. The summed E-state index contributed by atoms with van der Waals surface area (Å²) in [6.45, 7) is 0. The Kier molecular flexibility index (Phi) is 5.15. The molecule has 0 bridgehead atoms. The number of methoxy groups -OCH3 is 1.